The van der Waals surface area contributed by atoms with Crippen molar-refractivity contribution in [3.8, 4) is 5.75 Å². The molecule has 1 aromatic carbocycles. The molecule has 20 heavy (non-hydrogen) atoms. The molecule has 0 radical (unpaired) electrons. The lowest BCUT2D eigenvalue weighted by Gasteiger charge is -2.18. The lowest BCUT2D eigenvalue weighted by Crippen LogP contribution is -2.14. The van der Waals surface area contributed by atoms with Crippen LogP contribution >= 0.6 is 11.6 Å². The maximum absolute atomic E-state index is 12.4. The number of anilines is 1. The van der Waals surface area contributed by atoms with Gasteiger partial charge >= 0.3 is 6.61 Å². The third-order valence-electron chi connectivity index (χ3n) is 3.00. The molecule has 0 spiro atoms. The molecule has 0 bridgehead atoms. The second-order valence-corrected chi connectivity index (χ2v) is 4.70. The van der Waals surface area contributed by atoms with E-state index in [2.05, 4.69) is 9.84 Å². The van der Waals surface area contributed by atoms with Crippen molar-refractivity contribution in [1.82, 2.24) is 9.78 Å². The van der Waals surface area contributed by atoms with E-state index in [4.69, 9.17) is 17.3 Å². The molecule has 4 nitrogen and oxygen atoms in total. The maximum atomic E-state index is 12.4. The Kier molecular flexibility index (Phi) is 4.13. The molecular weight excluding hydrogens is 288 g/mol. The van der Waals surface area contributed by atoms with E-state index in [0.717, 1.165) is 0 Å². The van der Waals surface area contributed by atoms with Crippen LogP contribution in [-0.2, 0) is 0 Å². The number of alkyl halides is 2. The summed E-state index contributed by atoms with van der Waals surface area (Å²) in [4.78, 5) is 0. The number of nitrogen functional groups attached to an aromatic ring is 1. The lowest BCUT2D eigenvalue weighted by molar-refractivity contribution is -0.0506. The highest BCUT2D eigenvalue weighted by Crippen LogP contribution is 2.32. The molecule has 0 aliphatic heterocycles. The summed E-state index contributed by atoms with van der Waals surface area (Å²) in [7, 11) is 0. The minimum absolute atomic E-state index is 0.0960. The van der Waals surface area contributed by atoms with Crippen molar-refractivity contribution in [3.63, 3.8) is 0 Å². The van der Waals surface area contributed by atoms with Crippen molar-refractivity contribution in [2.24, 2.45) is 0 Å². The summed E-state index contributed by atoms with van der Waals surface area (Å²) in [6.45, 7) is 0.625. The predicted molar refractivity (Wildman–Crippen MR) is 73.3 cm³/mol. The van der Waals surface area contributed by atoms with E-state index in [9.17, 15) is 8.78 Å². The first kappa shape index (κ1) is 14.6. The highest BCUT2D eigenvalue weighted by molar-refractivity contribution is 6.33. The monoisotopic (exact) mass is 301 g/mol. The van der Waals surface area contributed by atoms with E-state index in [1.807, 2.05) is 0 Å². The third-order valence-corrected chi connectivity index (χ3v) is 3.47. The quantitative estimate of drug-likeness (QED) is 0.938. The molecule has 0 aliphatic carbocycles. The summed E-state index contributed by atoms with van der Waals surface area (Å²) in [5, 5.41) is 4.59. The molecular formula is C13H14ClF2N3O. The van der Waals surface area contributed by atoms with Gasteiger partial charge in [-0.2, -0.15) is 13.9 Å². The standard InChI is InChI=1S/C13H14ClF2N3O/c1-7-11(14)12(17)19(18-7)8(2)9-5-3-4-6-10(9)20-13(15)16/h3-6,8,13H,17H2,1-2H3. The minimum atomic E-state index is -2.89. The Morgan fingerprint density at radius 1 is 1.35 bits per heavy atom. The van der Waals surface area contributed by atoms with Gasteiger partial charge in [0.2, 0.25) is 0 Å². The van der Waals surface area contributed by atoms with Crippen LogP contribution in [0, 0.1) is 6.92 Å². The van der Waals surface area contributed by atoms with E-state index < -0.39 is 6.61 Å². The first-order valence-corrected chi connectivity index (χ1v) is 6.33. The van der Waals surface area contributed by atoms with Gasteiger partial charge in [-0.3, -0.25) is 0 Å². The van der Waals surface area contributed by atoms with Gasteiger partial charge in [0.25, 0.3) is 0 Å². The molecule has 1 atom stereocenters. The zero-order valence-electron chi connectivity index (χ0n) is 11.0. The summed E-state index contributed by atoms with van der Waals surface area (Å²) in [6, 6.07) is 6.15. The summed E-state index contributed by atoms with van der Waals surface area (Å²) in [6.07, 6.45) is 0. The number of rotatable bonds is 4. The third kappa shape index (κ3) is 2.70. The molecule has 0 amide bonds. The first-order chi connectivity index (χ1) is 9.41. The van der Waals surface area contributed by atoms with Gasteiger partial charge in [0.15, 0.2) is 0 Å². The number of nitrogens with zero attached hydrogens (tertiary/aromatic N) is 2. The molecule has 1 aromatic heterocycles. The van der Waals surface area contributed by atoms with Crippen molar-refractivity contribution < 1.29 is 13.5 Å². The van der Waals surface area contributed by atoms with Crippen molar-refractivity contribution in [2.45, 2.75) is 26.5 Å². The van der Waals surface area contributed by atoms with Crippen molar-refractivity contribution in [2.75, 3.05) is 5.73 Å². The molecule has 0 aliphatic rings. The summed E-state index contributed by atoms with van der Waals surface area (Å²) >= 11 is 5.99. The highest BCUT2D eigenvalue weighted by atomic mass is 35.5. The van der Waals surface area contributed by atoms with Gasteiger partial charge < -0.3 is 10.5 Å². The van der Waals surface area contributed by atoms with Crippen LogP contribution in [0.2, 0.25) is 5.02 Å². The fourth-order valence-electron chi connectivity index (χ4n) is 2.00. The van der Waals surface area contributed by atoms with Crippen LogP contribution in [0.4, 0.5) is 14.6 Å². The van der Waals surface area contributed by atoms with E-state index in [1.54, 1.807) is 32.0 Å². The van der Waals surface area contributed by atoms with Gasteiger partial charge in [-0.05, 0) is 19.9 Å². The SMILES string of the molecule is Cc1nn(C(C)c2ccccc2OC(F)F)c(N)c1Cl. The summed E-state index contributed by atoms with van der Waals surface area (Å²) < 4.78 is 30.9. The Morgan fingerprint density at radius 3 is 2.55 bits per heavy atom. The summed E-state index contributed by atoms with van der Waals surface area (Å²) in [5.41, 5.74) is 7.01. The van der Waals surface area contributed by atoms with Crippen LogP contribution in [0.3, 0.4) is 0 Å². The number of hydrogen-bond donors (Lipinski definition) is 1. The summed E-state index contributed by atoms with van der Waals surface area (Å²) in [5.74, 6) is 0.391. The van der Waals surface area contributed by atoms with Crippen molar-refractivity contribution >= 4 is 17.4 Å². The van der Waals surface area contributed by atoms with Gasteiger partial charge in [-0.15, -0.1) is 0 Å². The molecule has 0 fully saturated rings. The normalized spacial score (nSPS) is 12.7. The molecule has 2 N–H and O–H groups in total. The zero-order valence-corrected chi connectivity index (χ0v) is 11.7. The Morgan fingerprint density at radius 2 is 2.00 bits per heavy atom. The van der Waals surface area contributed by atoms with Crippen LogP contribution in [0.1, 0.15) is 24.2 Å². The van der Waals surface area contributed by atoms with Crippen LogP contribution in [0.15, 0.2) is 24.3 Å². The van der Waals surface area contributed by atoms with Crippen LogP contribution in [-0.4, -0.2) is 16.4 Å². The van der Waals surface area contributed by atoms with Crippen molar-refractivity contribution in [1.29, 1.82) is 0 Å². The second-order valence-electron chi connectivity index (χ2n) is 4.32. The predicted octanol–water partition coefficient (Wildman–Crippen LogP) is 3.64. The smallest absolute Gasteiger partial charge is 0.387 e. The van der Waals surface area contributed by atoms with Gasteiger partial charge in [-0.1, -0.05) is 29.8 Å². The number of para-hydroxylation sites is 1. The Labute approximate surface area is 120 Å². The number of aromatic nitrogens is 2. The van der Waals surface area contributed by atoms with Gasteiger partial charge in [-0.25, -0.2) is 4.68 Å². The largest absolute Gasteiger partial charge is 0.434 e. The molecule has 2 aromatic rings. The molecule has 1 heterocycles. The molecule has 1 unspecified atom stereocenters. The average Bonchev–Trinajstić information content (AvgIpc) is 2.66. The van der Waals surface area contributed by atoms with E-state index >= 15 is 0 Å². The minimum Gasteiger partial charge on any atom is -0.434 e. The van der Waals surface area contributed by atoms with Crippen LogP contribution in [0.5, 0.6) is 5.75 Å². The Bertz CT molecular complexity index is 616. The number of ether oxygens (including phenoxy) is 1. The number of hydrogen-bond acceptors (Lipinski definition) is 3. The van der Waals surface area contributed by atoms with E-state index in [1.165, 1.54) is 10.7 Å². The average molecular weight is 302 g/mol. The number of halogens is 3. The lowest BCUT2D eigenvalue weighted by atomic mass is 10.1. The van der Waals surface area contributed by atoms with Crippen LogP contribution < -0.4 is 10.5 Å². The van der Waals surface area contributed by atoms with Gasteiger partial charge in [0.1, 0.15) is 16.6 Å². The maximum Gasteiger partial charge on any atom is 0.387 e. The number of nitrogens with two attached hydrogens (primary N) is 1. The van der Waals surface area contributed by atoms with Crippen molar-refractivity contribution in [3.05, 3.63) is 40.5 Å². The zero-order chi connectivity index (χ0) is 14.9. The van der Waals surface area contributed by atoms with E-state index in [0.29, 0.717) is 22.1 Å². The Balaban J connectivity index is 2.42. The van der Waals surface area contributed by atoms with Gasteiger partial charge in [0.05, 0.1) is 11.7 Å². The number of aryl methyl sites for hydroxylation is 1. The van der Waals surface area contributed by atoms with Crippen LogP contribution in [0.25, 0.3) is 0 Å². The highest BCUT2D eigenvalue weighted by Gasteiger charge is 2.20. The molecule has 0 saturated carbocycles. The first-order valence-electron chi connectivity index (χ1n) is 5.95. The fourth-order valence-corrected chi connectivity index (χ4v) is 2.13. The molecule has 0 saturated heterocycles. The Hall–Kier alpha value is -1.82. The molecule has 7 heteroatoms. The van der Waals surface area contributed by atoms with E-state index in [-0.39, 0.29) is 11.8 Å². The number of benzene rings is 1. The van der Waals surface area contributed by atoms with Gasteiger partial charge in [0, 0.05) is 5.56 Å². The fraction of sp³-hybridized carbons (Fsp3) is 0.308. The molecule has 108 valence electrons. The topological polar surface area (TPSA) is 53.1 Å². The molecule has 2 rings (SSSR count). The second kappa shape index (κ2) is 5.66.